The molecule has 2 aromatic heterocycles. The summed E-state index contributed by atoms with van der Waals surface area (Å²) in [5, 5.41) is 11.8. The van der Waals surface area contributed by atoms with Gasteiger partial charge in [-0.15, -0.1) is 0 Å². The Morgan fingerprint density at radius 2 is 1.86 bits per heavy atom. The van der Waals surface area contributed by atoms with Crippen LogP contribution in [0.5, 0.6) is 11.5 Å². The van der Waals surface area contributed by atoms with Crippen molar-refractivity contribution in [3.63, 3.8) is 0 Å². The van der Waals surface area contributed by atoms with Gasteiger partial charge in [-0.1, -0.05) is 6.07 Å². The molecule has 0 fully saturated rings. The van der Waals surface area contributed by atoms with Gasteiger partial charge in [-0.25, -0.2) is 0 Å². The van der Waals surface area contributed by atoms with Crippen LogP contribution in [0.15, 0.2) is 30.5 Å². The van der Waals surface area contributed by atoms with Gasteiger partial charge in [0.1, 0.15) is 0 Å². The summed E-state index contributed by atoms with van der Waals surface area (Å²) < 4.78 is 14.2. The summed E-state index contributed by atoms with van der Waals surface area (Å²) in [6.07, 6.45) is 1.79. The smallest absolute Gasteiger partial charge is 0.276 e. The minimum absolute atomic E-state index is 0.246. The minimum Gasteiger partial charge on any atom is -0.493 e. The molecule has 0 saturated carbocycles. The number of carbonyl (C=O) groups excluding carboxylic acids is 1. The number of aromatic nitrogens is 4. The number of ether oxygens (including phenoxy) is 2. The van der Waals surface area contributed by atoms with E-state index in [9.17, 15) is 4.79 Å². The monoisotopic (exact) mass is 383 g/mol. The van der Waals surface area contributed by atoms with Crippen LogP contribution in [0.1, 0.15) is 34.4 Å². The van der Waals surface area contributed by atoms with Crippen LogP contribution in [0.3, 0.4) is 0 Å². The Hall–Kier alpha value is -3.29. The number of benzene rings is 1. The first-order valence-corrected chi connectivity index (χ1v) is 9.06. The van der Waals surface area contributed by atoms with Gasteiger partial charge in [0.05, 0.1) is 37.8 Å². The molecule has 28 heavy (non-hydrogen) atoms. The molecule has 0 spiro atoms. The number of carbonyl (C=O) groups is 1. The molecule has 0 radical (unpaired) electrons. The van der Waals surface area contributed by atoms with Crippen LogP contribution >= 0.6 is 0 Å². The zero-order valence-corrected chi connectivity index (χ0v) is 16.8. The fraction of sp³-hybridized carbons (Fsp3) is 0.350. The van der Waals surface area contributed by atoms with Crippen molar-refractivity contribution in [2.75, 3.05) is 19.5 Å². The Morgan fingerprint density at radius 1 is 1.11 bits per heavy atom. The fourth-order valence-electron chi connectivity index (χ4n) is 3.02. The van der Waals surface area contributed by atoms with E-state index >= 15 is 0 Å². The van der Waals surface area contributed by atoms with Crippen molar-refractivity contribution >= 4 is 11.6 Å². The molecule has 8 heteroatoms. The number of nitrogens with one attached hydrogen (secondary N) is 1. The number of anilines is 1. The summed E-state index contributed by atoms with van der Waals surface area (Å²) in [5.41, 5.74) is 3.73. The maximum absolute atomic E-state index is 12.5. The molecule has 0 bridgehead atoms. The number of methoxy groups -OCH3 is 2. The van der Waals surface area contributed by atoms with Gasteiger partial charge in [0.2, 0.25) is 0 Å². The van der Waals surface area contributed by atoms with Gasteiger partial charge < -0.3 is 14.8 Å². The molecule has 3 aromatic rings. The normalized spacial score (nSPS) is 10.8. The van der Waals surface area contributed by atoms with Crippen LogP contribution in [0.2, 0.25) is 0 Å². The molecule has 2 heterocycles. The van der Waals surface area contributed by atoms with E-state index in [0.29, 0.717) is 36.0 Å². The van der Waals surface area contributed by atoms with E-state index < -0.39 is 0 Å². The van der Waals surface area contributed by atoms with Crippen LogP contribution in [0, 0.1) is 13.8 Å². The van der Waals surface area contributed by atoms with Crippen molar-refractivity contribution < 1.29 is 14.3 Å². The lowest BCUT2D eigenvalue weighted by atomic mass is 10.2. The van der Waals surface area contributed by atoms with Crippen molar-refractivity contribution in [3.8, 4) is 11.5 Å². The molecular weight excluding hydrogens is 358 g/mol. The third-order valence-corrected chi connectivity index (χ3v) is 4.60. The van der Waals surface area contributed by atoms with Crippen LogP contribution in [-0.2, 0) is 13.1 Å². The number of nitrogens with zero attached hydrogens (tertiary/aromatic N) is 4. The third-order valence-electron chi connectivity index (χ3n) is 4.60. The maximum atomic E-state index is 12.5. The summed E-state index contributed by atoms with van der Waals surface area (Å²) in [6, 6.07) is 7.46. The lowest BCUT2D eigenvalue weighted by Crippen LogP contribution is -2.14. The van der Waals surface area contributed by atoms with Gasteiger partial charge in [-0.3, -0.25) is 14.2 Å². The molecule has 0 aliphatic heterocycles. The molecular formula is C20H25N5O3. The predicted molar refractivity (Wildman–Crippen MR) is 106 cm³/mol. The molecule has 3 rings (SSSR count). The summed E-state index contributed by atoms with van der Waals surface area (Å²) >= 11 is 0. The van der Waals surface area contributed by atoms with Crippen LogP contribution in [0.4, 0.5) is 5.69 Å². The van der Waals surface area contributed by atoms with E-state index in [0.717, 1.165) is 17.0 Å². The number of hydrogen-bond acceptors (Lipinski definition) is 5. The Labute approximate surface area is 164 Å². The molecule has 0 saturated heterocycles. The molecule has 1 amide bonds. The topological polar surface area (TPSA) is 83.2 Å². The van der Waals surface area contributed by atoms with Crippen molar-refractivity contribution in [1.29, 1.82) is 0 Å². The second-order valence-corrected chi connectivity index (χ2v) is 6.40. The van der Waals surface area contributed by atoms with E-state index in [1.165, 1.54) is 0 Å². The first-order chi connectivity index (χ1) is 13.5. The molecule has 0 atom stereocenters. The van der Waals surface area contributed by atoms with E-state index in [4.69, 9.17) is 9.47 Å². The van der Waals surface area contributed by atoms with E-state index in [1.807, 2.05) is 43.7 Å². The molecule has 0 aliphatic carbocycles. The molecule has 1 aromatic carbocycles. The van der Waals surface area contributed by atoms with Crippen molar-refractivity contribution in [2.45, 2.75) is 33.9 Å². The second-order valence-electron chi connectivity index (χ2n) is 6.40. The van der Waals surface area contributed by atoms with Crippen LogP contribution in [0.25, 0.3) is 0 Å². The highest BCUT2D eigenvalue weighted by atomic mass is 16.5. The Kier molecular flexibility index (Phi) is 5.67. The highest BCUT2D eigenvalue weighted by Gasteiger charge is 2.17. The summed E-state index contributed by atoms with van der Waals surface area (Å²) in [5.74, 6) is 1.10. The van der Waals surface area contributed by atoms with Crippen molar-refractivity contribution in [1.82, 2.24) is 19.6 Å². The maximum Gasteiger partial charge on any atom is 0.276 e. The molecule has 1 N–H and O–H groups in total. The van der Waals surface area contributed by atoms with Crippen LogP contribution < -0.4 is 14.8 Å². The highest BCUT2D eigenvalue weighted by molar-refractivity contribution is 6.03. The first-order valence-electron chi connectivity index (χ1n) is 9.06. The van der Waals surface area contributed by atoms with Crippen LogP contribution in [-0.4, -0.2) is 39.7 Å². The predicted octanol–water partition coefficient (Wildman–Crippen LogP) is 3.03. The molecule has 0 aliphatic rings. The standard InChI is InChI=1S/C20H25N5O3/c1-6-24-10-9-16(23-24)20(26)21-19-13(2)22-25(14(19)3)12-15-7-8-17(27-4)18(11-15)28-5/h7-11H,6,12H2,1-5H3,(H,21,26). The summed E-state index contributed by atoms with van der Waals surface area (Å²) in [7, 11) is 3.22. The van der Waals surface area contributed by atoms with Gasteiger partial charge in [0, 0.05) is 12.7 Å². The van der Waals surface area contributed by atoms with Gasteiger partial charge in [0.25, 0.3) is 5.91 Å². The average molecular weight is 383 g/mol. The van der Waals surface area contributed by atoms with E-state index in [-0.39, 0.29) is 5.91 Å². The average Bonchev–Trinajstić information content (AvgIpc) is 3.28. The second kappa shape index (κ2) is 8.16. The lowest BCUT2D eigenvalue weighted by Gasteiger charge is -2.11. The zero-order valence-electron chi connectivity index (χ0n) is 16.8. The van der Waals surface area contributed by atoms with Gasteiger partial charge in [-0.05, 0) is 44.5 Å². The Morgan fingerprint density at radius 3 is 2.50 bits per heavy atom. The van der Waals surface area contributed by atoms with Crippen molar-refractivity contribution in [3.05, 3.63) is 53.1 Å². The molecule has 0 unspecified atom stereocenters. The van der Waals surface area contributed by atoms with Gasteiger partial charge >= 0.3 is 0 Å². The summed E-state index contributed by atoms with van der Waals surface area (Å²) in [4.78, 5) is 12.5. The van der Waals surface area contributed by atoms with Gasteiger partial charge in [0.15, 0.2) is 17.2 Å². The Bertz CT molecular complexity index is 990. The fourth-order valence-corrected chi connectivity index (χ4v) is 3.02. The van der Waals surface area contributed by atoms with Crippen molar-refractivity contribution in [2.24, 2.45) is 0 Å². The quantitative estimate of drug-likeness (QED) is 0.678. The Balaban J connectivity index is 1.81. The molecule has 8 nitrogen and oxygen atoms in total. The summed E-state index contributed by atoms with van der Waals surface area (Å²) in [6.45, 7) is 7.04. The van der Waals surface area contributed by atoms with E-state index in [2.05, 4.69) is 15.5 Å². The SMILES string of the molecule is CCn1ccc(C(=O)Nc2c(C)nn(Cc3ccc(OC)c(OC)c3)c2C)n1. The largest absolute Gasteiger partial charge is 0.493 e. The highest BCUT2D eigenvalue weighted by Crippen LogP contribution is 2.28. The number of rotatable bonds is 7. The lowest BCUT2D eigenvalue weighted by molar-refractivity contribution is 0.102. The third kappa shape index (κ3) is 3.85. The number of aryl methyl sites for hydroxylation is 2. The van der Waals surface area contributed by atoms with Gasteiger partial charge in [-0.2, -0.15) is 10.2 Å². The van der Waals surface area contributed by atoms with E-state index in [1.54, 1.807) is 31.2 Å². The number of hydrogen-bond donors (Lipinski definition) is 1. The first kappa shape index (κ1) is 19.5. The minimum atomic E-state index is -0.246. The molecule has 148 valence electrons. The zero-order chi connectivity index (χ0) is 20.3. The number of amides is 1.